The van der Waals surface area contributed by atoms with E-state index in [9.17, 15) is 4.79 Å². The van der Waals surface area contributed by atoms with Gasteiger partial charge in [-0.3, -0.25) is 4.98 Å². The normalized spacial score (nSPS) is 14.0. The molecular weight excluding hydrogens is 230 g/mol. The highest BCUT2D eigenvalue weighted by Crippen LogP contribution is 2.24. The van der Waals surface area contributed by atoms with Crippen molar-refractivity contribution >= 4 is 11.1 Å². The monoisotopic (exact) mass is 249 g/mol. The van der Waals surface area contributed by atoms with Crippen molar-refractivity contribution in [2.45, 2.75) is 31.8 Å². The lowest BCUT2D eigenvalue weighted by molar-refractivity contribution is 0.396. The molecule has 1 unspecified atom stereocenters. The number of aromatic nitrogens is 1. The van der Waals surface area contributed by atoms with Crippen LogP contribution in [0.25, 0.3) is 11.1 Å². The predicted octanol–water partition coefficient (Wildman–Crippen LogP) is 1.51. The van der Waals surface area contributed by atoms with Crippen LogP contribution in [0.4, 0.5) is 0 Å². The van der Waals surface area contributed by atoms with E-state index in [0.29, 0.717) is 11.1 Å². The van der Waals surface area contributed by atoms with E-state index in [4.69, 9.17) is 10.2 Å². The number of H-pyrrole nitrogens is 1. The summed E-state index contributed by atoms with van der Waals surface area (Å²) in [5.74, 6) is -0.428. The Bertz CT molecular complexity index is 592. The first-order valence-electron chi connectivity index (χ1n) is 5.98. The third-order valence-corrected chi connectivity index (χ3v) is 2.92. The van der Waals surface area contributed by atoms with Gasteiger partial charge in [0.25, 0.3) is 0 Å². The number of hydrogen-bond acceptors (Lipinski definition) is 4. The number of nitrogens with one attached hydrogen (secondary N) is 2. The Balaban J connectivity index is 2.36. The molecule has 0 saturated heterocycles. The standard InChI is InChI=1S/C13H19N3O2/c1-13(2,14)7-10(15-3)8-4-5-11-9(6-8)16-12(17)18-11/h4-6,10,15H,7,14H2,1-3H3,(H,16,17). The van der Waals surface area contributed by atoms with E-state index in [1.54, 1.807) is 6.07 Å². The van der Waals surface area contributed by atoms with Gasteiger partial charge in [-0.1, -0.05) is 6.07 Å². The molecule has 0 bridgehead atoms. The van der Waals surface area contributed by atoms with Gasteiger partial charge in [0.1, 0.15) is 0 Å². The summed E-state index contributed by atoms with van der Waals surface area (Å²) >= 11 is 0. The molecule has 0 radical (unpaired) electrons. The average molecular weight is 249 g/mol. The van der Waals surface area contributed by atoms with Gasteiger partial charge in [-0.15, -0.1) is 0 Å². The van der Waals surface area contributed by atoms with Crippen LogP contribution in [0.15, 0.2) is 27.4 Å². The van der Waals surface area contributed by atoms with Crippen LogP contribution in [-0.2, 0) is 0 Å². The lowest BCUT2D eigenvalue weighted by Gasteiger charge is -2.26. The van der Waals surface area contributed by atoms with Gasteiger partial charge in [-0.05, 0) is 45.0 Å². The van der Waals surface area contributed by atoms with Crippen LogP contribution in [0.2, 0.25) is 0 Å². The molecule has 1 atom stereocenters. The van der Waals surface area contributed by atoms with Crippen LogP contribution in [0.5, 0.6) is 0 Å². The highest BCUT2D eigenvalue weighted by Gasteiger charge is 2.19. The molecule has 0 fully saturated rings. The lowest BCUT2D eigenvalue weighted by atomic mass is 9.92. The molecule has 2 aromatic rings. The maximum atomic E-state index is 11.1. The molecule has 0 spiro atoms. The van der Waals surface area contributed by atoms with Gasteiger partial charge < -0.3 is 15.5 Å². The molecule has 1 aromatic heterocycles. The number of fused-ring (bicyclic) bond motifs is 1. The summed E-state index contributed by atoms with van der Waals surface area (Å²) in [6, 6.07) is 5.82. The molecule has 5 heteroatoms. The molecule has 1 aromatic carbocycles. The van der Waals surface area contributed by atoms with Crippen molar-refractivity contribution in [2.24, 2.45) is 5.73 Å². The first-order chi connectivity index (χ1) is 8.39. The topological polar surface area (TPSA) is 84.0 Å². The van der Waals surface area contributed by atoms with Crippen LogP contribution in [-0.4, -0.2) is 17.6 Å². The first kappa shape index (κ1) is 12.9. The zero-order valence-corrected chi connectivity index (χ0v) is 10.9. The summed E-state index contributed by atoms with van der Waals surface area (Å²) in [5, 5.41) is 3.24. The van der Waals surface area contributed by atoms with E-state index >= 15 is 0 Å². The van der Waals surface area contributed by atoms with Crippen molar-refractivity contribution in [1.82, 2.24) is 10.3 Å². The van der Waals surface area contributed by atoms with Crippen LogP contribution in [0, 0.1) is 0 Å². The minimum Gasteiger partial charge on any atom is -0.408 e. The highest BCUT2D eigenvalue weighted by molar-refractivity contribution is 5.72. The van der Waals surface area contributed by atoms with Gasteiger partial charge >= 0.3 is 5.76 Å². The average Bonchev–Trinajstić information content (AvgIpc) is 2.63. The SMILES string of the molecule is CNC(CC(C)(C)N)c1ccc2oc(=O)[nH]c2c1. The lowest BCUT2D eigenvalue weighted by Crippen LogP contribution is -2.36. The van der Waals surface area contributed by atoms with Crippen LogP contribution < -0.4 is 16.8 Å². The summed E-state index contributed by atoms with van der Waals surface area (Å²) in [6.45, 7) is 3.99. The number of benzene rings is 1. The highest BCUT2D eigenvalue weighted by atomic mass is 16.4. The molecule has 4 N–H and O–H groups in total. The number of hydrogen-bond donors (Lipinski definition) is 3. The fourth-order valence-corrected chi connectivity index (χ4v) is 2.10. The summed E-state index contributed by atoms with van der Waals surface area (Å²) in [7, 11) is 1.90. The summed E-state index contributed by atoms with van der Waals surface area (Å²) < 4.78 is 4.98. The van der Waals surface area contributed by atoms with Crippen molar-refractivity contribution < 1.29 is 4.42 Å². The minimum absolute atomic E-state index is 0.146. The van der Waals surface area contributed by atoms with Crippen LogP contribution in [0.1, 0.15) is 31.9 Å². The Morgan fingerprint density at radius 3 is 2.83 bits per heavy atom. The van der Waals surface area contributed by atoms with Crippen molar-refractivity contribution in [2.75, 3.05) is 7.05 Å². The van der Waals surface area contributed by atoms with Crippen molar-refractivity contribution in [1.29, 1.82) is 0 Å². The second-order valence-corrected chi connectivity index (χ2v) is 5.30. The Morgan fingerprint density at radius 2 is 2.22 bits per heavy atom. The van der Waals surface area contributed by atoms with Crippen LogP contribution in [0.3, 0.4) is 0 Å². The van der Waals surface area contributed by atoms with Crippen LogP contribution >= 0.6 is 0 Å². The predicted molar refractivity (Wildman–Crippen MR) is 71.5 cm³/mol. The summed E-state index contributed by atoms with van der Waals surface area (Å²) in [5.41, 5.74) is 8.17. The Morgan fingerprint density at radius 1 is 1.50 bits per heavy atom. The zero-order valence-electron chi connectivity index (χ0n) is 10.9. The van der Waals surface area contributed by atoms with E-state index in [-0.39, 0.29) is 11.6 Å². The van der Waals surface area contributed by atoms with Crippen molar-refractivity contribution in [3.05, 3.63) is 34.3 Å². The Kier molecular flexibility index (Phi) is 3.28. The molecule has 5 nitrogen and oxygen atoms in total. The van der Waals surface area contributed by atoms with Gasteiger partial charge in [0.2, 0.25) is 0 Å². The van der Waals surface area contributed by atoms with Gasteiger partial charge in [0, 0.05) is 11.6 Å². The molecule has 2 rings (SSSR count). The minimum atomic E-state index is -0.428. The number of rotatable bonds is 4. The van der Waals surface area contributed by atoms with Gasteiger partial charge in [-0.25, -0.2) is 4.79 Å². The van der Waals surface area contributed by atoms with Gasteiger partial charge in [0.05, 0.1) is 5.52 Å². The first-order valence-corrected chi connectivity index (χ1v) is 5.98. The molecule has 0 aliphatic carbocycles. The molecule has 18 heavy (non-hydrogen) atoms. The number of nitrogens with two attached hydrogens (primary N) is 1. The number of oxazole rings is 1. The Hall–Kier alpha value is -1.59. The van der Waals surface area contributed by atoms with E-state index in [2.05, 4.69) is 10.3 Å². The molecule has 0 amide bonds. The smallest absolute Gasteiger partial charge is 0.408 e. The quantitative estimate of drug-likeness (QED) is 0.767. The van der Waals surface area contributed by atoms with Gasteiger partial charge in [-0.2, -0.15) is 0 Å². The number of aromatic amines is 1. The van der Waals surface area contributed by atoms with Gasteiger partial charge in [0.15, 0.2) is 5.58 Å². The van der Waals surface area contributed by atoms with E-state index in [0.717, 1.165) is 12.0 Å². The third-order valence-electron chi connectivity index (χ3n) is 2.92. The second-order valence-electron chi connectivity index (χ2n) is 5.30. The maximum absolute atomic E-state index is 11.1. The summed E-state index contributed by atoms with van der Waals surface area (Å²) in [4.78, 5) is 13.8. The van der Waals surface area contributed by atoms with Crippen molar-refractivity contribution in [3.8, 4) is 0 Å². The van der Waals surface area contributed by atoms with E-state index in [1.807, 2.05) is 33.0 Å². The molecule has 98 valence electrons. The fourth-order valence-electron chi connectivity index (χ4n) is 2.10. The molecular formula is C13H19N3O2. The molecule has 0 aliphatic heterocycles. The third kappa shape index (κ3) is 2.80. The summed E-state index contributed by atoms with van der Waals surface area (Å²) in [6.07, 6.45) is 0.803. The Labute approximate surface area is 105 Å². The second kappa shape index (κ2) is 4.59. The fraction of sp³-hybridized carbons (Fsp3) is 0.462. The van der Waals surface area contributed by atoms with E-state index < -0.39 is 5.76 Å². The molecule has 0 saturated carbocycles. The maximum Gasteiger partial charge on any atom is 0.417 e. The largest absolute Gasteiger partial charge is 0.417 e. The van der Waals surface area contributed by atoms with E-state index in [1.165, 1.54) is 0 Å². The molecule has 0 aliphatic rings. The molecule has 1 heterocycles. The zero-order chi connectivity index (χ0) is 13.3. The van der Waals surface area contributed by atoms with Crippen molar-refractivity contribution in [3.63, 3.8) is 0 Å².